The Kier molecular flexibility index (Phi) is 3.46. The van der Waals surface area contributed by atoms with Gasteiger partial charge >= 0.3 is 0 Å². The van der Waals surface area contributed by atoms with Gasteiger partial charge in [0.25, 0.3) is 0 Å². The van der Waals surface area contributed by atoms with Gasteiger partial charge in [0, 0.05) is 19.3 Å². The molecular formula is C10H13BrClN3. The Morgan fingerprint density at radius 1 is 1.60 bits per heavy atom. The minimum Gasteiger partial charge on any atom is -0.355 e. The summed E-state index contributed by atoms with van der Waals surface area (Å²) in [5, 5.41) is 0.312. The second-order valence-corrected chi connectivity index (χ2v) is 5.20. The molecule has 15 heavy (non-hydrogen) atoms. The van der Waals surface area contributed by atoms with Crippen LogP contribution in [0.4, 0.5) is 5.82 Å². The monoisotopic (exact) mass is 289 g/mol. The van der Waals surface area contributed by atoms with Crippen LogP contribution in [0.15, 0.2) is 10.7 Å². The Morgan fingerprint density at radius 3 is 3.13 bits per heavy atom. The SMILES string of the molecule is CC1CCCN(c2nc(Cl)ncc2Br)C1. The fourth-order valence-corrected chi connectivity index (χ4v) is 2.51. The van der Waals surface area contributed by atoms with Crippen molar-refractivity contribution in [3.63, 3.8) is 0 Å². The molecule has 1 aliphatic heterocycles. The van der Waals surface area contributed by atoms with Crippen molar-refractivity contribution in [2.24, 2.45) is 5.92 Å². The molecule has 5 heteroatoms. The lowest BCUT2D eigenvalue weighted by Crippen LogP contribution is -2.35. The molecule has 1 saturated heterocycles. The predicted octanol–water partition coefficient (Wildman–Crippen LogP) is 3.13. The van der Waals surface area contributed by atoms with Crippen molar-refractivity contribution in [1.29, 1.82) is 0 Å². The molecule has 0 saturated carbocycles. The lowest BCUT2D eigenvalue weighted by Gasteiger charge is -2.32. The Labute approximate surface area is 103 Å². The summed E-state index contributed by atoms with van der Waals surface area (Å²) in [4.78, 5) is 10.5. The summed E-state index contributed by atoms with van der Waals surface area (Å²) >= 11 is 9.26. The van der Waals surface area contributed by atoms with E-state index in [2.05, 4.69) is 37.7 Å². The molecule has 2 rings (SSSR count). The molecular weight excluding hydrogens is 277 g/mol. The highest BCUT2D eigenvalue weighted by atomic mass is 79.9. The van der Waals surface area contributed by atoms with Gasteiger partial charge in [0.1, 0.15) is 5.82 Å². The standard InChI is InChI=1S/C10H13BrClN3/c1-7-3-2-4-15(6-7)9-8(11)5-13-10(12)14-9/h5,7H,2-4,6H2,1H3. The van der Waals surface area contributed by atoms with Crippen molar-refractivity contribution < 1.29 is 0 Å². The second kappa shape index (κ2) is 4.66. The van der Waals surface area contributed by atoms with Crippen LogP contribution in [0.1, 0.15) is 19.8 Å². The molecule has 1 atom stereocenters. The summed E-state index contributed by atoms with van der Waals surface area (Å²) in [7, 11) is 0. The van der Waals surface area contributed by atoms with Crippen LogP contribution in [0.2, 0.25) is 5.28 Å². The number of anilines is 1. The summed E-state index contributed by atoms with van der Waals surface area (Å²) in [6, 6.07) is 0. The second-order valence-electron chi connectivity index (χ2n) is 4.00. The topological polar surface area (TPSA) is 29.0 Å². The van der Waals surface area contributed by atoms with E-state index < -0.39 is 0 Å². The van der Waals surface area contributed by atoms with Gasteiger partial charge in [0.2, 0.25) is 5.28 Å². The molecule has 0 radical (unpaired) electrons. The summed E-state index contributed by atoms with van der Waals surface area (Å²) < 4.78 is 0.918. The highest BCUT2D eigenvalue weighted by molar-refractivity contribution is 9.10. The Hall–Kier alpha value is -0.350. The third-order valence-electron chi connectivity index (χ3n) is 2.65. The molecule has 0 amide bonds. The maximum Gasteiger partial charge on any atom is 0.224 e. The van der Waals surface area contributed by atoms with E-state index in [9.17, 15) is 0 Å². The molecule has 1 aromatic heterocycles. The molecule has 82 valence electrons. The summed E-state index contributed by atoms with van der Waals surface area (Å²) in [6.45, 7) is 4.37. The zero-order valence-electron chi connectivity index (χ0n) is 8.58. The van der Waals surface area contributed by atoms with E-state index in [-0.39, 0.29) is 0 Å². The van der Waals surface area contributed by atoms with Crippen LogP contribution >= 0.6 is 27.5 Å². The van der Waals surface area contributed by atoms with Crippen molar-refractivity contribution in [3.05, 3.63) is 16.0 Å². The molecule has 1 aromatic rings. The van der Waals surface area contributed by atoms with Gasteiger partial charge in [-0.25, -0.2) is 4.98 Å². The maximum atomic E-state index is 5.80. The molecule has 0 aliphatic carbocycles. The van der Waals surface area contributed by atoms with Crippen molar-refractivity contribution in [2.45, 2.75) is 19.8 Å². The van der Waals surface area contributed by atoms with E-state index in [1.807, 2.05) is 0 Å². The number of hydrogen-bond donors (Lipinski definition) is 0. The van der Waals surface area contributed by atoms with Gasteiger partial charge < -0.3 is 4.90 Å². The number of hydrogen-bond acceptors (Lipinski definition) is 3. The van der Waals surface area contributed by atoms with E-state index in [0.717, 1.165) is 29.3 Å². The fourth-order valence-electron chi connectivity index (χ4n) is 1.94. The van der Waals surface area contributed by atoms with Gasteiger partial charge in [-0.1, -0.05) is 6.92 Å². The molecule has 2 heterocycles. The maximum absolute atomic E-state index is 5.80. The lowest BCUT2D eigenvalue weighted by molar-refractivity contribution is 0.444. The molecule has 0 spiro atoms. The average Bonchev–Trinajstić information content (AvgIpc) is 2.22. The zero-order valence-corrected chi connectivity index (χ0v) is 10.9. The van der Waals surface area contributed by atoms with Gasteiger partial charge in [0.15, 0.2) is 0 Å². The smallest absolute Gasteiger partial charge is 0.224 e. The predicted molar refractivity (Wildman–Crippen MR) is 65.4 cm³/mol. The molecule has 1 fully saturated rings. The first-order chi connectivity index (χ1) is 7.16. The first-order valence-corrected chi connectivity index (χ1v) is 6.27. The van der Waals surface area contributed by atoms with Crippen molar-refractivity contribution in [1.82, 2.24) is 9.97 Å². The minimum absolute atomic E-state index is 0.312. The van der Waals surface area contributed by atoms with Crippen LogP contribution in [0, 0.1) is 5.92 Å². The number of halogens is 2. The fraction of sp³-hybridized carbons (Fsp3) is 0.600. The van der Waals surface area contributed by atoms with Crippen LogP contribution in [-0.4, -0.2) is 23.1 Å². The summed E-state index contributed by atoms with van der Waals surface area (Å²) in [5.74, 6) is 1.64. The van der Waals surface area contributed by atoms with E-state index in [1.165, 1.54) is 12.8 Å². The quantitative estimate of drug-likeness (QED) is 0.744. The van der Waals surface area contributed by atoms with E-state index >= 15 is 0 Å². The number of piperidine rings is 1. The average molecular weight is 291 g/mol. The van der Waals surface area contributed by atoms with E-state index in [1.54, 1.807) is 6.20 Å². The van der Waals surface area contributed by atoms with Crippen LogP contribution in [0.3, 0.4) is 0 Å². The molecule has 1 unspecified atom stereocenters. The zero-order chi connectivity index (χ0) is 10.8. The summed E-state index contributed by atoms with van der Waals surface area (Å²) in [6.07, 6.45) is 4.23. The van der Waals surface area contributed by atoms with Crippen LogP contribution in [-0.2, 0) is 0 Å². The molecule has 3 nitrogen and oxygen atoms in total. The van der Waals surface area contributed by atoms with Gasteiger partial charge in [-0.3, -0.25) is 0 Å². The Bertz CT molecular complexity index is 359. The van der Waals surface area contributed by atoms with E-state index in [4.69, 9.17) is 11.6 Å². The summed E-state index contributed by atoms with van der Waals surface area (Å²) in [5.41, 5.74) is 0. The molecule has 1 aliphatic rings. The molecule has 0 bridgehead atoms. The van der Waals surface area contributed by atoms with E-state index in [0.29, 0.717) is 5.28 Å². The molecule has 0 aromatic carbocycles. The Balaban J connectivity index is 2.24. The van der Waals surface area contributed by atoms with Crippen molar-refractivity contribution in [2.75, 3.05) is 18.0 Å². The molecule has 0 N–H and O–H groups in total. The van der Waals surface area contributed by atoms with Crippen LogP contribution in [0.5, 0.6) is 0 Å². The highest BCUT2D eigenvalue weighted by Gasteiger charge is 2.19. The highest BCUT2D eigenvalue weighted by Crippen LogP contribution is 2.28. The largest absolute Gasteiger partial charge is 0.355 e. The van der Waals surface area contributed by atoms with Gasteiger partial charge in [-0.2, -0.15) is 4.98 Å². The van der Waals surface area contributed by atoms with Gasteiger partial charge in [-0.15, -0.1) is 0 Å². The lowest BCUT2D eigenvalue weighted by atomic mass is 10.0. The van der Waals surface area contributed by atoms with Gasteiger partial charge in [-0.05, 0) is 46.3 Å². The van der Waals surface area contributed by atoms with Crippen molar-refractivity contribution >= 4 is 33.3 Å². The van der Waals surface area contributed by atoms with Crippen LogP contribution in [0.25, 0.3) is 0 Å². The number of aromatic nitrogens is 2. The van der Waals surface area contributed by atoms with Crippen molar-refractivity contribution in [3.8, 4) is 0 Å². The van der Waals surface area contributed by atoms with Crippen LogP contribution < -0.4 is 4.90 Å². The third kappa shape index (κ3) is 2.61. The third-order valence-corrected chi connectivity index (χ3v) is 3.39. The minimum atomic E-state index is 0.312. The Morgan fingerprint density at radius 2 is 2.40 bits per heavy atom. The van der Waals surface area contributed by atoms with Gasteiger partial charge in [0.05, 0.1) is 4.47 Å². The first-order valence-electron chi connectivity index (χ1n) is 5.10. The normalized spacial score (nSPS) is 21.8. The number of nitrogens with zero attached hydrogens (tertiary/aromatic N) is 3. The first kappa shape index (κ1) is 11.1. The number of rotatable bonds is 1.